The van der Waals surface area contributed by atoms with Crippen LogP contribution in [-0.4, -0.2) is 29.3 Å². The number of benzene rings is 2. The maximum atomic E-state index is 12.9. The van der Waals surface area contributed by atoms with Crippen molar-refractivity contribution in [2.75, 3.05) is 6.54 Å². The van der Waals surface area contributed by atoms with E-state index in [9.17, 15) is 22.8 Å². The highest BCUT2D eigenvalue weighted by atomic mass is 19.4. The summed E-state index contributed by atoms with van der Waals surface area (Å²) in [6.45, 7) is 0.294. The standard InChI is InChI=1S/C23H23F3N2O2/c24-23(25,26)19-7-3-4-15(10-19)13-28-14-18(8-9-21(28)29)22(30)27-20-11-16-5-1-2-6-17(16)12-20/h1-7,10,18,20H,8-9,11-14H2,(H,27,30)/t18-/m0/s1. The molecule has 158 valence electrons. The molecule has 0 saturated carbocycles. The predicted molar refractivity (Wildman–Crippen MR) is 105 cm³/mol. The molecule has 2 aromatic carbocycles. The molecule has 2 aliphatic rings. The minimum atomic E-state index is -4.43. The van der Waals surface area contributed by atoms with Gasteiger partial charge in [-0.25, -0.2) is 0 Å². The molecule has 0 bridgehead atoms. The number of halogens is 3. The highest BCUT2D eigenvalue weighted by molar-refractivity contribution is 5.84. The zero-order valence-electron chi connectivity index (χ0n) is 16.4. The summed E-state index contributed by atoms with van der Waals surface area (Å²) in [5, 5.41) is 3.10. The number of carbonyl (C=O) groups is 2. The van der Waals surface area contributed by atoms with Gasteiger partial charge in [-0.05, 0) is 48.1 Å². The fraction of sp³-hybridized carbons (Fsp3) is 0.391. The van der Waals surface area contributed by atoms with Crippen LogP contribution in [0, 0.1) is 5.92 Å². The lowest BCUT2D eigenvalue weighted by molar-refractivity contribution is -0.139. The first-order valence-corrected chi connectivity index (χ1v) is 10.1. The van der Waals surface area contributed by atoms with Crippen molar-refractivity contribution in [2.24, 2.45) is 5.92 Å². The van der Waals surface area contributed by atoms with Crippen LogP contribution < -0.4 is 5.32 Å². The van der Waals surface area contributed by atoms with Crippen LogP contribution >= 0.6 is 0 Å². The minimum Gasteiger partial charge on any atom is -0.352 e. The van der Waals surface area contributed by atoms with Crippen molar-refractivity contribution >= 4 is 11.8 Å². The quantitative estimate of drug-likeness (QED) is 0.826. The number of nitrogens with one attached hydrogen (secondary N) is 1. The number of carbonyl (C=O) groups excluding carboxylic acids is 2. The topological polar surface area (TPSA) is 49.4 Å². The smallest absolute Gasteiger partial charge is 0.352 e. The molecule has 0 spiro atoms. The summed E-state index contributed by atoms with van der Waals surface area (Å²) in [5.41, 5.74) is 2.16. The van der Waals surface area contributed by atoms with Gasteiger partial charge >= 0.3 is 6.18 Å². The lowest BCUT2D eigenvalue weighted by atomic mass is 9.95. The number of alkyl halides is 3. The molecule has 1 aliphatic carbocycles. The van der Waals surface area contributed by atoms with E-state index in [1.165, 1.54) is 22.1 Å². The van der Waals surface area contributed by atoms with Gasteiger partial charge in [0, 0.05) is 25.6 Å². The number of piperidine rings is 1. The molecule has 2 amide bonds. The first kappa shape index (κ1) is 20.4. The minimum absolute atomic E-state index is 0.0458. The first-order chi connectivity index (χ1) is 14.3. The van der Waals surface area contributed by atoms with Gasteiger partial charge in [-0.1, -0.05) is 36.4 Å². The molecule has 1 atom stereocenters. The Morgan fingerprint density at radius 2 is 1.77 bits per heavy atom. The van der Waals surface area contributed by atoms with Gasteiger partial charge in [0.25, 0.3) is 0 Å². The number of rotatable bonds is 4. The second-order valence-corrected chi connectivity index (χ2v) is 8.09. The Morgan fingerprint density at radius 3 is 2.43 bits per heavy atom. The second kappa shape index (κ2) is 8.13. The van der Waals surface area contributed by atoms with Crippen molar-refractivity contribution in [1.82, 2.24) is 10.2 Å². The van der Waals surface area contributed by atoms with Gasteiger partial charge in [0.2, 0.25) is 11.8 Å². The Morgan fingerprint density at radius 1 is 1.07 bits per heavy atom. The lowest BCUT2D eigenvalue weighted by Gasteiger charge is -2.32. The number of fused-ring (bicyclic) bond motifs is 1. The van der Waals surface area contributed by atoms with Crippen LogP contribution in [-0.2, 0) is 35.2 Å². The first-order valence-electron chi connectivity index (χ1n) is 10.1. The fourth-order valence-corrected chi connectivity index (χ4v) is 4.33. The monoisotopic (exact) mass is 416 g/mol. The number of hydrogen-bond acceptors (Lipinski definition) is 2. The van der Waals surface area contributed by atoms with Gasteiger partial charge < -0.3 is 10.2 Å². The summed E-state index contributed by atoms with van der Waals surface area (Å²) in [4.78, 5) is 26.6. The van der Waals surface area contributed by atoms with Crippen molar-refractivity contribution in [1.29, 1.82) is 0 Å². The summed E-state index contributed by atoms with van der Waals surface area (Å²) in [6.07, 6.45) is -2.16. The fourth-order valence-electron chi connectivity index (χ4n) is 4.33. The number of amides is 2. The molecule has 4 nitrogen and oxygen atoms in total. The highest BCUT2D eigenvalue weighted by Gasteiger charge is 2.33. The molecule has 1 saturated heterocycles. The van der Waals surface area contributed by atoms with E-state index in [4.69, 9.17) is 0 Å². The van der Waals surface area contributed by atoms with Crippen molar-refractivity contribution in [2.45, 2.75) is 44.4 Å². The van der Waals surface area contributed by atoms with Crippen molar-refractivity contribution in [3.63, 3.8) is 0 Å². The van der Waals surface area contributed by atoms with Crippen LogP contribution in [0.1, 0.15) is 35.1 Å². The second-order valence-electron chi connectivity index (χ2n) is 8.09. The van der Waals surface area contributed by atoms with Gasteiger partial charge in [0.15, 0.2) is 0 Å². The lowest BCUT2D eigenvalue weighted by Crippen LogP contribution is -2.47. The highest BCUT2D eigenvalue weighted by Crippen LogP contribution is 2.30. The van der Waals surface area contributed by atoms with E-state index in [0.717, 1.165) is 25.0 Å². The Balaban J connectivity index is 1.38. The Kier molecular flexibility index (Phi) is 5.54. The Hall–Kier alpha value is -2.83. The van der Waals surface area contributed by atoms with Crippen molar-refractivity contribution in [3.05, 3.63) is 70.8 Å². The van der Waals surface area contributed by atoms with Gasteiger partial charge in [0.05, 0.1) is 11.5 Å². The van der Waals surface area contributed by atoms with E-state index < -0.39 is 11.7 Å². The summed E-state index contributed by atoms with van der Waals surface area (Å²) in [6, 6.07) is 13.1. The third-order valence-corrected chi connectivity index (χ3v) is 5.90. The Bertz CT molecular complexity index is 932. The largest absolute Gasteiger partial charge is 0.416 e. The summed E-state index contributed by atoms with van der Waals surface area (Å²) in [5.74, 6) is -0.573. The average Bonchev–Trinajstić information content (AvgIpc) is 3.11. The molecule has 30 heavy (non-hydrogen) atoms. The van der Waals surface area contributed by atoms with E-state index in [0.29, 0.717) is 12.0 Å². The molecule has 7 heteroatoms. The van der Waals surface area contributed by atoms with Gasteiger partial charge in [-0.2, -0.15) is 13.2 Å². The van der Waals surface area contributed by atoms with Crippen LogP contribution in [0.5, 0.6) is 0 Å². The zero-order chi connectivity index (χ0) is 21.3. The average molecular weight is 416 g/mol. The molecular formula is C23H23F3N2O2. The Labute approximate surface area is 173 Å². The van der Waals surface area contributed by atoms with Crippen LogP contribution in [0.2, 0.25) is 0 Å². The molecule has 1 aliphatic heterocycles. The van der Waals surface area contributed by atoms with E-state index in [1.54, 1.807) is 6.07 Å². The number of hydrogen-bond donors (Lipinski definition) is 1. The molecule has 1 fully saturated rings. The molecule has 4 rings (SSSR count). The molecule has 1 N–H and O–H groups in total. The van der Waals surface area contributed by atoms with Crippen molar-refractivity contribution in [3.8, 4) is 0 Å². The van der Waals surface area contributed by atoms with Gasteiger partial charge in [-0.3, -0.25) is 9.59 Å². The van der Waals surface area contributed by atoms with Crippen LogP contribution in [0.15, 0.2) is 48.5 Å². The molecular weight excluding hydrogens is 393 g/mol. The van der Waals surface area contributed by atoms with Gasteiger partial charge in [0.1, 0.15) is 0 Å². The van der Waals surface area contributed by atoms with Crippen molar-refractivity contribution < 1.29 is 22.8 Å². The molecule has 0 unspecified atom stereocenters. The molecule has 0 radical (unpaired) electrons. The number of nitrogens with zero attached hydrogens (tertiary/aromatic N) is 1. The molecule has 0 aromatic heterocycles. The summed E-state index contributed by atoms with van der Waals surface area (Å²) >= 11 is 0. The van der Waals surface area contributed by atoms with E-state index in [-0.39, 0.29) is 43.3 Å². The van der Waals surface area contributed by atoms with E-state index in [1.807, 2.05) is 12.1 Å². The maximum absolute atomic E-state index is 12.9. The summed E-state index contributed by atoms with van der Waals surface area (Å²) < 4.78 is 38.8. The van der Waals surface area contributed by atoms with Gasteiger partial charge in [-0.15, -0.1) is 0 Å². The zero-order valence-corrected chi connectivity index (χ0v) is 16.4. The number of likely N-dealkylation sites (tertiary alicyclic amines) is 1. The maximum Gasteiger partial charge on any atom is 0.416 e. The third kappa shape index (κ3) is 4.50. The van der Waals surface area contributed by atoms with Crippen LogP contribution in [0.25, 0.3) is 0 Å². The van der Waals surface area contributed by atoms with Crippen LogP contribution in [0.4, 0.5) is 13.2 Å². The van der Waals surface area contributed by atoms with E-state index >= 15 is 0 Å². The normalized spacial score (nSPS) is 19.6. The molecule has 1 heterocycles. The third-order valence-electron chi connectivity index (χ3n) is 5.90. The van der Waals surface area contributed by atoms with E-state index in [2.05, 4.69) is 17.4 Å². The predicted octanol–water partition coefficient (Wildman–Crippen LogP) is 3.73. The summed E-state index contributed by atoms with van der Waals surface area (Å²) in [7, 11) is 0. The SMILES string of the molecule is O=C(NC1Cc2ccccc2C1)[C@H]1CCC(=O)N(Cc2cccc(C(F)(F)F)c2)C1. The van der Waals surface area contributed by atoms with Crippen LogP contribution in [0.3, 0.4) is 0 Å². The molecule has 2 aromatic rings.